The molecule has 3 heterocycles. The summed E-state index contributed by atoms with van der Waals surface area (Å²) in [7, 11) is -3.93. The maximum Gasteiger partial charge on any atom is 0.242 e. The summed E-state index contributed by atoms with van der Waals surface area (Å²) in [6, 6.07) is 9.71. The molecule has 6 rings (SSSR count). The van der Waals surface area contributed by atoms with Crippen LogP contribution in [0.2, 0.25) is 0 Å². The fourth-order valence-corrected chi connectivity index (χ4v) is 8.11. The molecule has 1 N–H and O–H groups in total. The van der Waals surface area contributed by atoms with E-state index in [1.54, 1.807) is 18.2 Å². The van der Waals surface area contributed by atoms with Gasteiger partial charge in [-0.1, -0.05) is 28.1 Å². The minimum atomic E-state index is -3.93. The Kier molecular flexibility index (Phi) is 8.59. The Balaban J connectivity index is 1.04. The minimum Gasteiger partial charge on any atom is -0.340 e. The molecule has 0 spiro atoms. The number of sulfonamides is 1. The number of halogens is 1. The summed E-state index contributed by atoms with van der Waals surface area (Å²) in [5.41, 5.74) is 0. The van der Waals surface area contributed by atoms with E-state index < -0.39 is 16.1 Å². The van der Waals surface area contributed by atoms with Crippen molar-refractivity contribution in [2.45, 2.75) is 55.5 Å². The van der Waals surface area contributed by atoms with Gasteiger partial charge in [0, 0.05) is 62.2 Å². The average molecular weight is 661 g/mol. The highest BCUT2D eigenvalue weighted by molar-refractivity contribution is 9.10. The maximum atomic E-state index is 13.4. The number of hydrogen-bond acceptors (Lipinski definition) is 6. The van der Waals surface area contributed by atoms with E-state index in [4.69, 9.17) is 0 Å². The predicted molar refractivity (Wildman–Crippen MR) is 162 cm³/mol. The molecule has 42 heavy (non-hydrogen) atoms. The van der Waals surface area contributed by atoms with Crippen LogP contribution in [0.15, 0.2) is 45.8 Å². The van der Waals surface area contributed by atoms with Gasteiger partial charge in [0.2, 0.25) is 27.7 Å². The minimum absolute atomic E-state index is 0.0396. The Morgan fingerprint density at radius 1 is 0.881 bits per heavy atom. The van der Waals surface area contributed by atoms with Crippen LogP contribution in [0.1, 0.15) is 38.5 Å². The molecule has 4 aliphatic rings. The number of hydrogen-bond donors (Lipinski definition) is 1. The van der Waals surface area contributed by atoms with E-state index >= 15 is 0 Å². The summed E-state index contributed by atoms with van der Waals surface area (Å²) < 4.78 is 30.0. The second-order valence-electron chi connectivity index (χ2n) is 12.0. The molecular weight excluding hydrogens is 622 g/mol. The molecule has 2 aromatic rings. The summed E-state index contributed by atoms with van der Waals surface area (Å²) in [6.07, 6.45) is 4.90. The van der Waals surface area contributed by atoms with Gasteiger partial charge in [0.25, 0.3) is 0 Å². The highest BCUT2D eigenvalue weighted by atomic mass is 79.9. The Labute approximate surface area is 255 Å². The van der Waals surface area contributed by atoms with Gasteiger partial charge in [-0.25, -0.2) is 8.42 Å². The molecule has 0 aromatic heterocycles. The number of fused-ring (bicyclic) bond motifs is 1. The number of amides is 3. The second kappa shape index (κ2) is 12.2. The normalized spacial score (nSPS) is 24.0. The summed E-state index contributed by atoms with van der Waals surface area (Å²) in [5.74, 6) is 0.103. The molecule has 12 heteroatoms. The monoisotopic (exact) mass is 659 g/mol. The molecule has 3 amide bonds. The van der Waals surface area contributed by atoms with E-state index in [1.165, 1.54) is 4.90 Å². The van der Waals surface area contributed by atoms with Gasteiger partial charge >= 0.3 is 0 Å². The van der Waals surface area contributed by atoms with Crippen LogP contribution in [0, 0.1) is 5.92 Å². The van der Waals surface area contributed by atoms with Gasteiger partial charge < -0.3 is 14.7 Å². The number of benzene rings is 2. The summed E-state index contributed by atoms with van der Waals surface area (Å²) in [5, 5.41) is 1.70. The van der Waals surface area contributed by atoms with E-state index in [1.807, 2.05) is 28.0 Å². The van der Waals surface area contributed by atoms with Crippen LogP contribution >= 0.6 is 15.9 Å². The van der Waals surface area contributed by atoms with E-state index in [0.29, 0.717) is 31.8 Å². The number of carbonyl (C=O) groups excluding carboxylic acids is 3. The lowest BCUT2D eigenvalue weighted by Gasteiger charge is -2.38. The third-order valence-corrected chi connectivity index (χ3v) is 11.0. The zero-order valence-corrected chi connectivity index (χ0v) is 26.1. The Morgan fingerprint density at radius 3 is 2.36 bits per heavy atom. The first-order valence-corrected chi connectivity index (χ1v) is 17.3. The molecule has 226 valence electrons. The van der Waals surface area contributed by atoms with Crippen molar-refractivity contribution in [1.82, 2.24) is 24.3 Å². The van der Waals surface area contributed by atoms with Crippen LogP contribution in [-0.4, -0.2) is 110 Å². The fourth-order valence-electron chi connectivity index (χ4n) is 6.47. The van der Waals surface area contributed by atoms with Crippen LogP contribution in [0.4, 0.5) is 0 Å². The lowest BCUT2D eigenvalue weighted by Crippen LogP contribution is -2.56. The first-order valence-electron chi connectivity index (χ1n) is 15.0. The highest BCUT2D eigenvalue weighted by Gasteiger charge is 2.38. The SMILES string of the molecule is O=C(C1CC1)N1CCN(CC2CCCN2C(=O)CN2CCCC(NS(=O)(=O)c3ccc4cc(Br)ccc4c3)C2=O)CC1. The highest BCUT2D eigenvalue weighted by Crippen LogP contribution is 2.31. The van der Waals surface area contributed by atoms with Gasteiger partial charge in [-0.3, -0.25) is 19.3 Å². The number of rotatable bonds is 8. The average Bonchev–Trinajstić information content (AvgIpc) is 3.73. The first kappa shape index (κ1) is 29.5. The summed E-state index contributed by atoms with van der Waals surface area (Å²) in [4.78, 5) is 47.0. The molecule has 2 atom stereocenters. The fraction of sp³-hybridized carbons (Fsp3) is 0.567. The summed E-state index contributed by atoms with van der Waals surface area (Å²) in [6.45, 7) is 4.96. The standard InChI is InChI=1S/C30H38BrN5O5S/c31-24-9-7-23-18-26(10-8-22(23)17-24)42(40,41)32-27-4-2-11-35(30(27)39)20-28(37)36-12-1-3-25(36)19-33-13-15-34(16-14-33)29(38)21-5-6-21/h7-10,17-18,21,25,27,32H,1-6,11-16,19-20H2. The van der Waals surface area contributed by atoms with E-state index in [9.17, 15) is 22.8 Å². The molecular formula is C30H38BrN5O5S. The summed E-state index contributed by atoms with van der Waals surface area (Å²) >= 11 is 3.43. The van der Waals surface area contributed by atoms with Crippen molar-refractivity contribution in [2.24, 2.45) is 5.92 Å². The van der Waals surface area contributed by atoms with Crippen molar-refractivity contribution >= 4 is 54.4 Å². The molecule has 2 aromatic carbocycles. The van der Waals surface area contributed by atoms with Crippen molar-refractivity contribution in [2.75, 3.05) is 52.4 Å². The molecule has 3 aliphatic heterocycles. The van der Waals surface area contributed by atoms with Gasteiger partial charge in [0.05, 0.1) is 11.4 Å². The molecule has 1 saturated carbocycles. The van der Waals surface area contributed by atoms with Crippen LogP contribution < -0.4 is 4.72 Å². The number of likely N-dealkylation sites (tertiary alicyclic amines) is 2. The number of nitrogens with zero attached hydrogens (tertiary/aromatic N) is 4. The van der Waals surface area contributed by atoms with Crippen LogP contribution in [0.5, 0.6) is 0 Å². The molecule has 4 fully saturated rings. The van der Waals surface area contributed by atoms with Gasteiger partial charge in [-0.15, -0.1) is 0 Å². The van der Waals surface area contributed by atoms with Crippen LogP contribution in [-0.2, 0) is 24.4 Å². The third kappa shape index (κ3) is 6.51. The second-order valence-corrected chi connectivity index (χ2v) is 14.6. The Morgan fingerprint density at radius 2 is 1.60 bits per heavy atom. The van der Waals surface area contributed by atoms with E-state index in [2.05, 4.69) is 25.6 Å². The van der Waals surface area contributed by atoms with E-state index in [-0.39, 0.29) is 35.2 Å². The maximum absolute atomic E-state index is 13.4. The van der Waals surface area contributed by atoms with Crippen molar-refractivity contribution in [3.63, 3.8) is 0 Å². The molecule has 10 nitrogen and oxygen atoms in total. The molecule has 3 saturated heterocycles. The van der Waals surface area contributed by atoms with Gasteiger partial charge in [-0.2, -0.15) is 4.72 Å². The van der Waals surface area contributed by atoms with Crippen molar-refractivity contribution in [3.05, 3.63) is 40.9 Å². The lowest BCUT2D eigenvalue weighted by atomic mass is 10.1. The van der Waals surface area contributed by atoms with Gasteiger partial charge in [-0.05, 0) is 73.6 Å². The molecule has 0 radical (unpaired) electrons. The number of piperazine rings is 1. The lowest BCUT2D eigenvalue weighted by molar-refractivity contribution is -0.143. The molecule has 0 bridgehead atoms. The van der Waals surface area contributed by atoms with Crippen molar-refractivity contribution in [3.8, 4) is 0 Å². The molecule has 1 aliphatic carbocycles. The van der Waals surface area contributed by atoms with Crippen LogP contribution in [0.25, 0.3) is 10.8 Å². The zero-order valence-electron chi connectivity index (χ0n) is 23.7. The topological polar surface area (TPSA) is 110 Å². The number of carbonyl (C=O) groups is 3. The van der Waals surface area contributed by atoms with E-state index in [0.717, 1.165) is 73.7 Å². The predicted octanol–water partition coefficient (Wildman–Crippen LogP) is 2.42. The third-order valence-electron chi connectivity index (χ3n) is 9.02. The quantitative estimate of drug-likeness (QED) is 0.466. The zero-order chi connectivity index (χ0) is 29.4. The Bertz CT molecular complexity index is 1470. The number of nitrogens with one attached hydrogen (secondary N) is 1. The number of piperidine rings is 1. The Hall–Kier alpha value is -2.54. The molecule has 2 unspecified atom stereocenters. The van der Waals surface area contributed by atoms with Crippen LogP contribution in [0.3, 0.4) is 0 Å². The van der Waals surface area contributed by atoms with Crippen molar-refractivity contribution < 1.29 is 22.8 Å². The first-order chi connectivity index (χ1) is 20.2. The van der Waals surface area contributed by atoms with Gasteiger partial charge in [0.15, 0.2) is 0 Å². The van der Waals surface area contributed by atoms with Gasteiger partial charge in [0.1, 0.15) is 6.04 Å². The largest absolute Gasteiger partial charge is 0.340 e. The van der Waals surface area contributed by atoms with Crippen molar-refractivity contribution in [1.29, 1.82) is 0 Å². The smallest absolute Gasteiger partial charge is 0.242 e.